The van der Waals surface area contributed by atoms with Crippen LogP contribution in [0.2, 0.25) is 5.02 Å². The number of likely N-dealkylation sites (tertiary alicyclic amines) is 1. The van der Waals surface area contributed by atoms with Crippen molar-refractivity contribution in [2.75, 3.05) is 18.8 Å². The second kappa shape index (κ2) is 9.23. The molecule has 0 aliphatic carbocycles. The van der Waals surface area contributed by atoms with Crippen LogP contribution in [0.5, 0.6) is 0 Å². The van der Waals surface area contributed by atoms with Crippen molar-refractivity contribution in [1.29, 1.82) is 0 Å². The van der Waals surface area contributed by atoms with E-state index in [4.69, 9.17) is 17.3 Å². The Morgan fingerprint density at radius 1 is 1.22 bits per heavy atom. The molecular formula is C22H24BrClN4O3S. The van der Waals surface area contributed by atoms with Crippen LogP contribution in [0.1, 0.15) is 24.5 Å². The number of benzene rings is 2. The van der Waals surface area contributed by atoms with Gasteiger partial charge in [-0.15, -0.1) is 0 Å². The highest BCUT2D eigenvalue weighted by Gasteiger charge is 2.21. The van der Waals surface area contributed by atoms with E-state index in [9.17, 15) is 13.2 Å². The average molecular weight is 540 g/mol. The molecule has 2 aromatic carbocycles. The van der Waals surface area contributed by atoms with Crippen LogP contribution in [0.4, 0.5) is 0 Å². The van der Waals surface area contributed by atoms with Crippen LogP contribution >= 0.6 is 27.5 Å². The first-order valence-electron chi connectivity index (χ1n) is 10.3. The molecule has 0 saturated carbocycles. The fourth-order valence-corrected chi connectivity index (χ4v) is 5.79. The Bertz CT molecular complexity index is 1340. The Labute approximate surface area is 200 Å². The lowest BCUT2D eigenvalue weighted by atomic mass is 10.1. The van der Waals surface area contributed by atoms with Crippen LogP contribution in [-0.2, 0) is 22.9 Å². The van der Waals surface area contributed by atoms with Gasteiger partial charge in [-0.2, -0.15) is 0 Å². The predicted octanol–water partition coefficient (Wildman–Crippen LogP) is 3.19. The Kier molecular flexibility index (Phi) is 6.74. The molecule has 2 N–H and O–H groups in total. The number of rotatable bonds is 6. The van der Waals surface area contributed by atoms with Gasteiger partial charge < -0.3 is 5.73 Å². The number of fused-ring (bicyclic) bond motifs is 1. The summed E-state index contributed by atoms with van der Waals surface area (Å²) < 4.78 is 27.2. The number of halogens is 2. The number of sulfone groups is 1. The van der Waals surface area contributed by atoms with Gasteiger partial charge in [0.25, 0.3) is 5.56 Å². The normalized spacial score (nSPS) is 17.3. The van der Waals surface area contributed by atoms with Gasteiger partial charge in [0.2, 0.25) is 0 Å². The van der Waals surface area contributed by atoms with Crippen molar-refractivity contribution in [3.05, 3.63) is 67.6 Å². The quantitative estimate of drug-likeness (QED) is 0.517. The standard InChI is InChI=1S/C22H24BrClN4O3S/c1-2-32(30,31)21-4-3-16(24)7-15(21)11-28-13-26-20-8-14(10-27-6-5-17(25)12-27)19(23)9-18(20)22(28)29/h3-4,7-9,13,17H,2,5-6,10-12,25H2,1H3/t17-/m1/s1. The number of aromatic nitrogens is 2. The van der Waals surface area contributed by atoms with E-state index >= 15 is 0 Å². The number of hydrogen-bond acceptors (Lipinski definition) is 6. The van der Waals surface area contributed by atoms with E-state index in [-0.39, 0.29) is 28.8 Å². The van der Waals surface area contributed by atoms with Crippen LogP contribution in [0.3, 0.4) is 0 Å². The second-order valence-electron chi connectivity index (χ2n) is 8.08. The summed E-state index contributed by atoms with van der Waals surface area (Å²) in [5.74, 6) is -0.0376. The number of nitrogens with zero attached hydrogens (tertiary/aromatic N) is 3. The highest BCUT2D eigenvalue weighted by molar-refractivity contribution is 9.10. The summed E-state index contributed by atoms with van der Waals surface area (Å²) in [7, 11) is -3.46. The van der Waals surface area contributed by atoms with E-state index in [2.05, 4.69) is 25.8 Å². The molecule has 1 saturated heterocycles. The smallest absolute Gasteiger partial charge is 0.261 e. The molecule has 10 heteroatoms. The van der Waals surface area contributed by atoms with E-state index in [0.717, 1.165) is 36.1 Å². The SMILES string of the molecule is CCS(=O)(=O)c1ccc(Cl)cc1Cn1cnc2cc(CN3CC[C@@H](N)C3)c(Br)cc2c1=O. The van der Waals surface area contributed by atoms with Crippen molar-refractivity contribution in [3.63, 3.8) is 0 Å². The van der Waals surface area contributed by atoms with Crippen molar-refractivity contribution in [1.82, 2.24) is 14.5 Å². The van der Waals surface area contributed by atoms with Gasteiger partial charge >= 0.3 is 0 Å². The number of nitrogens with two attached hydrogens (primary N) is 1. The molecule has 1 aromatic heterocycles. The third kappa shape index (κ3) is 4.77. The van der Waals surface area contributed by atoms with E-state index in [1.807, 2.05) is 6.07 Å². The molecule has 0 amide bonds. The minimum Gasteiger partial charge on any atom is -0.326 e. The first kappa shape index (κ1) is 23.4. The lowest BCUT2D eigenvalue weighted by Crippen LogP contribution is -2.26. The van der Waals surface area contributed by atoms with E-state index in [1.54, 1.807) is 25.1 Å². The maximum atomic E-state index is 13.2. The fourth-order valence-electron chi connectivity index (χ4n) is 4.02. The van der Waals surface area contributed by atoms with Crippen LogP contribution in [0.15, 0.2) is 50.8 Å². The lowest BCUT2D eigenvalue weighted by Gasteiger charge is -2.17. The third-order valence-electron chi connectivity index (χ3n) is 5.77. The van der Waals surface area contributed by atoms with Crippen LogP contribution in [0.25, 0.3) is 10.9 Å². The van der Waals surface area contributed by atoms with Gasteiger partial charge in [0, 0.05) is 35.2 Å². The molecular weight excluding hydrogens is 516 g/mol. The fraction of sp³-hybridized carbons (Fsp3) is 0.364. The Balaban J connectivity index is 1.70. The van der Waals surface area contributed by atoms with Gasteiger partial charge in [-0.3, -0.25) is 14.3 Å². The average Bonchev–Trinajstić information content (AvgIpc) is 3.16. The van der Waals surface area contributed by atoms with Gasteiger partial charge in [-0.25, -0.2) is 13.4 Å². The van der Waals surface area contributed by atoms with Crippen molar-refractivity contribution in [3.8, 4) is 0 Å². The summed E-state index contributed by atoms with van der Waals surface area (Å²) in [5, 5.41) is 0.869. The lowest BCUT2D eigenvalue weighted by molar-refractivity contribution is 0.326. The molecule has 1 aliphatic rings. The first-order chi connectivity index (χ1) is 15.2. The molecule has 170 valence electrons. The molecule has 2 heterocycles. The van der Waals surface area contributed by atoms with Crippen molar-refractivity contribution in [2.24, 2.45) is 5.73 Å². The molecule has 32 heavy (non-hydrogen) atoms. The van der Waals surface area contributed by atoms with Gasteiger partial charge in [0.05, 0.1) is 34.4 Å². The summed E-state index contributed by atoms with van der Waals surface area (Å²) >= 11 is 9.70. The van der Waals surface area contributed by atoms with Gasteiger partial charge in [0.15, 0.2) is 9.84 Å². The maximum absolute atomic E-state index is 13.2. The molecule has 1 atom stereocenters. The minimum atomic E-state index is -3.46. The zero-order chi connectivity index (χ0) is 23.0. The molecule has 1 aliphatic heterocycles. The molecule has 0 radical (unpaired) electrons. The third-order valence-corrected chi connectivity index (χ3v) is 8.58. The van der Waals surface area contributed by atoms with E-state index in [1.165, 1.54) is 17.0 Å². The van der Waals surface area contributed by atoms with E-state index < -0.39 is 9.84 Å². The molecule has 0 unspecified atom stereocenters. The highest BCUT2D eigenvalue weighted by atomic mass is 79.9. The largest absolute Gasteiger partial charge is 0.326 e. The Morgan fingerprint density at radius 2 is 2.00 bits per heavy atom. The summed E-state index contributed by atoms with van der Waals surface area (Å²) in [4.78, 5) is 20.1. The minimum absolute atomic E-state index is 0.0376. The van der Waals surface area contributed by atoms with Gasteiger partial charge in [-0.05, 0) is 47.9 Å². The van der Waals surface area contributed by atoms with Gasteiger partial charge in [0.1, 0.15) is 0 Å². The van der Waals surface area contributed by atoms with Crippen molar-refractivity contribution in [2.45, 2.75) is 37.4 Å². The summed E-state index contributed by atoms with van der Waals surface area (Å²) in [6.45, 7) is 4.17. The number of hydrogen-bond donors (Lipinski definition) is 1. The zero-order valence-corrected chi connectivity index (χ0v) is 20.8. The summed E-state index contributed by atoms with van der Waals surface area (Å²) in [6, 6.07) is 8.52. The summed E-state index contributed by atoms with van der Waals surface area (Å²) in [5.41, 5.74) is 7.87. The molecule has 3 aromatic rings. The monoisotopic (exact) mass is 538 g/mol. The Hall–Kier alpha value is -1.78. The zero-order valence-electron chi connectivity index (χ0n) is 17.6. The molecule has 1 fully saturated rings. The molecule has 0 bridgehead atoms. The predicted molar refractivity (Wildman–Crippen MR) is 130 cm³/mol. The van der Waals surface area contributed by atoms with Crippen LogP contribution in [-0.4, -0.2) is 47.8 Å². The van der Waals surface area contributed by atoms with Crippen LogP contribution < -0.4 is 11.3 Å². The summed E-state index contributed by atoms with van der Waals surface area (Å²) in [6.07, 6.45) is 2.44. The van der Waals surface area contributed by atoms with Gasteiger partial charge in [-0.1, -0.05) is 34.5 Å². The highest BCUT2D eigenvalue weighted by Crippen LogP contribution is 2.25. The molecule has 4 rings (SSSR count). The topological polar surface area (TPSA) is 98.3 Å². The van der Waals surface area contributed by atoms with E-state index in [0.29, 0.717) is 21.5 Å². The Morgan fingerprint density at radius 3 is 2.69 bits per heavy atom. The first-order valence-corrected chi connectivity index (χ1v) is 13.2. The molecule has 0 spiro atoms. The molecule has 7 nitrogen and oxygen atoms in total. The van der Waals surface area contributed by atoms with Crippen molar-refractivity contribution >= 4 is 48.3 Å². The second-order valence-corrected chi connectivity index (χ2v) is 11.6. The maximum Gasteiger partial charge on any atom is 0.261 e. The van der Waals surface area contributed by atoms with Crippen molar-refractivity contribution < 1.29 is 8.42 Å². The van der Waals surface area contributed by atoms with Crippen LogP contribution in [0, 0.1) is 0 Å².